The molecular weight excluding hydrogens is 340 g/mol. The van der Waals surface area contributed by atoms with E-state index in [1.54, 1.807) is 14.0 Å². The number of aromatic nitrogens is 3. The lowest BCUT2D eigenvalue weighted by Gasteiger charge is -2.12. The second-order valence-corrected chi connectivity index (χ2v) is 6.92. The lowest BCUT2D eigenvalue weighted by atomic mass is 10.1. The molecule has 8 heteroatoms. The summed E-state index contributed by atoms with van der Waals surface area (Å²) in [6.45, 7) is 4.94. The van der Waals surface area contributed by atoms with E-state index in [9.17, 15) is 9.59 Å². The molecule has 2 N–H and O–H groups in total. The van der Waals surface area contributed by atoms with Crippen LogP contribution in [0.1, 0.15) is 25.8 Å². The molecule has 1 aromatic carbocycles. The van der Waals surface area contributed by atoms with Gasteiger partial charge in [-0.05, 0) is 37.5 Å². The number of methoxy groups -OCH3 is 1. The third kappa shape index (κ3) is 5.47. The number of amides is 1. The van der Waals surface area contributed by atoms with Crippen molar-refractivity contribution in [1.29, 1.82) is 0 Å². The molecule has 2 aromatic rings. The van der Waals surface area contributed by atoms with Gasteiger partial charge >= 0.3 is 5.69 Å². The van der Waals surface area contributed by atoms with Gasteiger partial charge in [-0.1, -0.05) is 30.8 Å². The smallest absolute Gasteiger partial charge is 0.343 e. The second-order valence-electron chi connectivity index (χ2n) is 5.61. The zero-order valence-corrected chi connectivity index (χ0v) is 15.6. The molecule has 0 aliphatic rings. The topological polar surface area (TPSA) is 89.0 Å². The van der Waals surface area contributed by atoms with E-state index >= 15 is 0 Å². The first-order valence-corrected chi connectivity index (χ1v) is 9.13. The highest BCUT2D eigenvalue weighted by Gasteiger charge is 2.19. The first-order chi connectivity index (χ1) is 12.0. The molecule has 0 saturated carbocycles. The third-order valence-electron chi connectivity index (χ3n) is 3.73. The molecule has 0 saturated heterocycles. The fourth-order valence-corrected chi connectivity index (χ4v) is 3.12. The molecule has 1 heterocycles. The summed E-state index contributed by atoms with van der Waals surface area (Å²) in [6.07, 6.45) is 1.66. The Balaban J connectivity index is 1.97. The molecule has 0 radical (unpaired) electrons. The summed E-state index contributed by atoms with van der Waals surface area (Å²) in [6, 6.07) is 7.77. The van der Waals surface area contributed by atoms with E-state index in [0.717, 1.165) is 12.1 Å². The van der Waals surface area contributed by atoms with Crippen LogP contribution in [0.25, 0.3) is 0 Å². The van der Waals surface area contributed by atoms with E-state index in [1.807, 2.05) is 24.3 Å². The lowest BCUT2D eigenvalue weighted by Crippen LogP contribution is -2.24. The number of aryl methyl sites for hydroxylation is 1. The first-order valence-electron chi connectivity index (χ1n) is 8.25. The quantitative estimate of drug-likeness (QED) is 0.526. The molecule has 0 aliphatic heterocycles. The number of hydrogen-bond donors (Lipinski definition) is 2. The molecule has 1 aromatic heterocycles. The maximum atomic E-state index is 12.4. The van der Waals surface area contributed by atoms with E-state index in [1.165, 1.54) is 21.9 Å². The van der Waals surface area contributed by atoms with Crippen molar-refractivity contribution in [2.45, 2.75) is 43.6 Å². The molecule has 1 unspecified atom stereocenters. The van der Waals surface area contributed by atoms with E-state index in [-0.39, 0.29) is 16.8 Å². The van der Waals surface area contributed by atoms with E-state index in [0.29, 0.717) is 24.7 Å². The Morgan fingerprint density at radius 1 is 1.40 bits per heavy atom. The fourth-order valence-electron chi connectivity index (χ4n) is 2.24. The van der Waals surface area contributed by atoms with Gasteiger partial charge in [-0.15, -0.1) is 5.10 Å². The van der Waals surface area contributed by atoms with Crippen LogP contribution in [0.4, 0.5) is 5.69 Å². The van der Waals surface area contributed by atoms with Crippen LogP contribution in [0.5, 0.6) is 0 Å². The molecule has 136 valence electrons. The van der Waals surface area contributed by atoms with Crippen molar-refractivity contribution in [2.75, 3.05) is 19.0 Å². The summed E-state index contributed by atoms with van der Waals surface area (Å²) in [5.41, 5.74) is 1.70. The number of anilines is 1. The molecular formula is C17H24N4O3S. The second kappa shape index (κ2) is 9.43. The molecule has 0 bridgehead atoms. The van der Waals surface area contributed by atoms with Crippen LogP contribution < -0.4 is 11.0 Å². The van der Waals surface area contributed by atoms with Gasteiger partial charge in [-0.3, -0.25) is 9.36 Å². The van der Waals surface area contributed by atoms with Crippen LogP contribution in [0.15, 0.2) is 34.2 Å². The Kier molecular flexibility index (Phi) is 7.27. The van der Waals surface area contributed by atoms with Crippen molar-refractivity contribution < 1.29 is 9.53 Å². The zero-order valence-electron chi connectivity index (χ0n) is 14.7. The summed E-state index contributed by atoms with van der Waals surface area (Å²) >= 11 is 1.25. The number of H-pyrrole nitrogens is 1. The number of benzene rings is 1. The van der Waals surface area contributed by atoms with Crippen molar-refractivity contribution in [3.8, 4) is 0 Å². The van der Waals surface area contributed by atoms with Crippen molar-refractivity contribution in [3.63, 3.8) is 0 Å². The van der Waals surface area contributed by atoms with Crippen LogP contribution >= 0.6 is 11.8 Å². The van der Waals surface area contributed by atoms with Crippen LogP contribution in [0.3, 0.4) is 0 Å². The van der Waals surface area contributed by atoms with Gasteiger partial charge in [-0.2, -0.15) is 0 Å². The van der Waals surface area contributed by atoms with Gasteiger partial charge in [0.15, 0.2) is 5.16 Å². The van der Waals surface area contributed by atoms with Gasteiger partial charge in [0.2, 0.25) is 5.91 Å². The molecule has 2 rings (SSSR count). The summed E-state index contributed by atoms with van der Waals surface area (Å²) in [4.78, 5) is 24.2. The number of aromatic amines is 1. The number of carbonyl (C=O) groups excluding carboxylic acids is 1. The zero-order chi connectivity index (χ0) is 18.2. The van der Waals surface area contributed by atoms with Crippen molar-refractivity contribution in [3.05, 3.63) is 40.3 Å². The predicted molar refractivity (Wildman–Crippen MR) is 99.1 cm³/mol. The van der Waals surface area contributed by atoms with Gasteiger partial charge < -0.3 is 10.1 Å². The maximum absolute atomic E-state index is 12.4. The molecule has 1 amide bonds. The van der Waals surface area contributed by atoms with Crippen molar-refractivity contribution >= 4 is 23.4 Å². The third-order valence-corrected chi connectivity index (χ3v) is 4.82. The average molecular weight is 364 g/mol. The predicted octanol–water partition coefficient (Wildman–Crippen LogP) is 2.29. The minimum atomic E-state index is -0.387. The van der Waals surface area contributed by atoms with Crippen LogP contribution in [0, 0.1) is 0 Å². The Morgan fingerprint density at radius 2 is 2.12 bits per heavy atom. The summed E-state index contributed by atoms with van der Waals surface area (Å²) in [5.74, 6) is -0.131. The number of nitrogens with one attached hydrogen (secondary N) is 2. The molecule has 0 spiro atoms. The fraction of sp³-hybridized carbons (Fsp3) is 0.471. The van der Waals surface area contributed by atoms with Crippen LogP contribution in [0.2, 0.25) is 0 Å². The Hall–Kier alpha value is -2.06. The van der Waals surface area contributed by atoms with Crippen LogP contribution in [-0.2, 0) is 22.5 Å². The summed E-state index contributed by atoms with van der Waals surface area (Å²) in [7, 11) is 1.62. The summed E-state index contributed by atoms with van der Waals surface area (Å²) in [5, 5.41) is 9.45. The Morgan fingerprint density at radius 3 is 2.76 bits per heavy atom. The molecule has 0 fully saturated rings. The molecule has 0 aliphatic carbocycles. The lowest BCUT2D eigenvalue weighted by molar-refractivity contribution is -0.115. The first kappa shape index (κ1) is 19.3. The van der Waals surface area contributed by atoms with E-state index in [2.05, 4.69) is 22.4 Å². The van der Waals surface area contributed by atoms with Crippen molar-refractivity contribution in [1.82, 2.24) is 14.8 Å². The Bertz CT molecular complexity index is 739. The molecule has 1 atom stereocenters. The largest absolute Gasteiger partial charge is 0.385 e. The highest BCUT2D eigenvalue weighted by molar-refractivity contribution is 8.00. The average Bonchev–Trinajstić information content (AvgIpc) is 2.96. The SMILES string of the molecule is CCc1ccc(NC(=O)C(C)Sc2n[nH]c(=O)n2CCCOC)cc1. The Labute approximate surface area is 151 Å². The number of carbonyl (C=O) groups is 1. The van der Waals surface area contributed by atoms with Crippen molar-refractivity contribution in [2.24, 2.45) is 0 Å². The standard InChI is InChI=1S/C17H24N4O3S/c1-4-13-6-8-14(9-7-13)18-15(22)12(2)25-17-20-19-16(23)21(17)10-5-11-24-3/h6-9,12H,4-5,10-11H2,1-3H3,(H,18,22)(H,19,23). The minimum Gasteiger partial charge on any atom is -0.385 e. The highest BCUT2D eigenvalue weighted by atomic mass is 32.2. The number of nitrogens with zero attached hydrogens (tertiary/aromatic N) is 2. The van der Waals surface area contributed by atoms with Gasteiger partial charge in [0, 0.05) is 25.9 Å². The number of ether oxygens (including phenoxy) is 1. The number of hydrogen-bond acceptors (Lipinski definition) is 5. The normalized spacial score (nSPS) is 12.1. The summed E-state index contributed by atoms with van der Waals surface area (Å²) < 4.78 is 6.54. The minimum absolute atomic E-state index is 0.131. The van der Waals surface area contributed by atoms with E-state index < -0.39 is 0 Å². The van der Waals surface area contributed by atoms with Gasteiger partial charge in [0.1, 0.15) is 0 Å². The van der Waals surface area contributed by atoms with E-state index in [4.69, 9.17) is 4.74 Å². The number of rotatable bonds is 9. The monoisotopic (exact) mass is 364 g/mol. The van der Waals surface area contributed by atoms with Gasteiger partial charge in [0.05, 0.1) is 5.25 Å². The maximum Gasteiger partial charge on any atom is 0.343 e. The van der Waals surface area contributed by atoms with Gasteiger partial charge in [-0.25, -0.2) is 9.89 Å². The van der Waals surface area contributed by atoms with Gasteiger partial charge in [0.25, 0.3) is 0 Å². The molecule has 25 heavy (non-hydrogen) atoms. The molecule has 7 nitrogen and oxygen atoms in total. The number of thioether (sulfide) groups is 1. The van der Waals surface area contributed by atoms with Crippen LogP contribution in [-0.4, -0.2) is 39.6 Å². The highest BCUT2D eigenvalue weighted by Crippen LogP contribution is 2.21.